The third-order valence-electron chi connectivity index (χ3n) is 4.07. The molecular weight excluding hydrogens is 411 g/mol. The predicted molar refractivity (Wildman–Crippen MR) is 97.6 cm³/mol. The van der Waals surface area contributed by atoms with Gasteiger partial charge in [0.1, 0.15) is 6.33 Å². The number of esters is 1. The third kappa shape index (κ3) is 4.55. The van der Waals surface area contributed by atoms with Crippen LogP contribution in [0.15, 0.2) is 11.3 Å². The Morgan fingerprint density at radius 3 is 2.87 bits per heavy atom. The van der Waals surface area contributed by atoms with Crippen molar-refractivity contribution in [2.24, 2.45) is 16.8 Å². The van der Waals surface area contributed by atoms with Gasteiger partial charge in [-0.25, -0.2) is 0 Å². The molecule has 1 N–H and O–H groups in total. The lowest BCUT2D eigenvalue weighted by Crippen LogP contribution is -2.40. The first-order valence-electron chi connectivity index (χ1n) is 7.50. The van der Waals surface area contributed by atoms with Gasteiger partial charge >= 0.3 is 5.97 Å². The molecule has 2 rings (SSSR count). The van der Waals surface area contributed by atoms with Crippen LogP contribution >= 0.6 is 24.0 Å². The van der Waals surface area contributed by atoms with E-state index in [1.165, 1.54) is 7.11 Å². The van der Waals surface area contributed by atoms with E-state index in [1.807, 2.05) is 11.5 Å². The highest BCUT2D eigenvalue weighted by molar-refractivity contribution is 14.0. The summed E-state index contributed by atoms with van der Waals surface area (Å²) in [7, 11) is 3.17. The van der Waals surface area contributed by atoms with Crippen LogP contribution in [-0.4, -0.2) is 58.8 Å². The zero-order valence-electron chi connectivity index (χ0n) is 14.0. The van der Waals surface area contributed by atoms with Crippen molar-refractivity contribution in [3.05, 3.63) is 12.2 Å². The molecule has 1 fully saturated rings. The molecule has 2 unspecified atom stereocenters. The number of hydrogen-bond acceptors (Lipinski definition) is 5. The van der Waals surface area contributed by atoms with Crippen molar-refractivity contribution in [3.8, 4) is 0 Å². The van der Waals surface area contributed by atoms with Crippen LogP contribution in [0.2, 0.25) is 0 Å². The van der Waals surface area contributed by atoms with Crippen molar-refractivity contribution in [2.45, 2.75) is 26.9 Å². The van der Waals surface area contributed by atoms with Crippen molar-refractivity contribution in [2.75, 3.05) is 27.2 Å². The summed E-state index contributed by atoms with van der Waals surface area (Å²) in [6.45, 7) is 6.88. The molecule has 0 amide bonds. The van der Waals surface area contributed by atoms with E-state index in [2.05, 4.69) is 32.3 Å². The number of rotatable bonds is 4. The maximum absolute atomic E-state index is 11.8. The number of nitrogens with one attached hydrogen (secondary N) is 1. The highest BCUT2D eigenvalue weighted by atomic mass is 127. The second-order valence-corrected chi connectivity index (χ2v) is 5.45. The van der Waals surface area contributed by atoms with Gasteiger partial charge in [0, 0.05) is 26.7 Å². The Bertz CT molecular complexity index is 547. The Hall–Kier alpha value is -1.39. The smallest absolute Gasteiger partial charge is 0.310 e. The minimum atomic E-state index is -0.156. The summed E-state index contributed by atoms with van der Waals surface area (Å²) in [6, 6.07) is 0. The molecule has 0 radical (unpaired) electrons. The second kappa shape index (κ2) is 9.04. The Morgan fingerprint density at radius 2 is 2.26 bits per heavy atom. The average molecular weight is 436 g/mol. The highest BCUT2D eigenvalue weighted by Crippen LogP contribution is 2.24. The van der Waals surface area contributed by atoms with Crippen molar-refractivity contribution < 1.29 is 9.53 Å². The van der Waals surface area contributed by atoms with E-state index >= 15 is 0 Å². The van der Waals surface area contributed by atoms with Gasteiger partial charge < -0.3 is 19.5 Å². The summed E-state index contributed by atoms with van der Waals surface area (Å²) in [5.74, 6) is 1.61. The maximum atomic E-state index is 11.8. The SMILES string of the molecule is CCn1cnnc1CNC(=NC)N1CC(C)C(C(=O)OC)C1.I. The van der Waals surface area contributed by atoms with Crippen molar-refractivity contribution in [1.82, 2.24) is 25.0 Å². The fourth-order valence-corrected chi connectivity index (χ4v) is 2.77. The van der Waals surface area contributed by atoms with Crippen molar-refractivity contribution in [1.29, 1.82) is 0 Å². The quantitative estimate of drug-likeness (QED) is 0.324. The predicted octanol–water partition coefficient (Wildman–Crippen LogP) is 0.732. The van der Waals surface area contributed by atoms with Gasteiger partial charge in [0.05, 0.1) is 19.6 Å². The third-order valence-corrected chi connectivity index (χ3v) is 4.07. The number of halogens is 1. The van der Waals surface area contributed by atoms with Crippen molar-refractivity contribution >= 4 is 35.9 Å². The highest BCUT2D eigenvalue weighted by Gasteiger charge is 2.36. The molecule has 8 nitrogen and oxygen atoms in total. The Morgan fingerprint density at radius 1 is 1.52 bits per heavy atom. The number of carbonyl (C=O) groups excluding carboxylic acids is 1. The van der Waals surface area contributed by atoms with Crippen LogP contribution in [0.5, 0.6) is 0 Å². The number of nitrogens with zero attached hydrogens (tertiary/aromatic N) is 5. The number of carbonyl (C=O) groups is 1. The van der Waals surface area contributed by atoms with E-state index in [-0.39, 0.29) is 41.8 Å². The topological polar surface area (TPSA) is 84.6 Å². The summed E-state index contributed by atoms with van der Waals surface area (Å²) >= 11 is 0. The monoisotopic (exact) mass is 436 g/mol. The summed E-state index contributed by atoms with van der Waals surface area (Å²) in [4.78, 5) is 18.2. The molecule has 0 saturated carbocycles. The number of hydrogen-bond donors (Lipinski definition) is 1. The molecule has 23 heavy (non-hydrogen) atoms. The molecule has 0 spiro atoms. The van der Waals surface area contributed by atoms with Gasteiger partial charge in [-0.2, -0.15) is 0 Å². The molecule has 0 aromatic carbocycles. The standard InChI is InChI=1S/C14H24N6O2.HI/c1-5-19-9-17-18-12(19)6-16-14(15-3)20-7-10(2)11(8-20)13(21)22-4;/h9-11H,5-8H2,1-4H3,(H,15,16);1H. The number of likely N-dealkylation sites (tertiary alicyclic amines) is 1. The van der Waals surface area contributed by atoms with E-state index in [0.717, 1.165) is 24.9 Å². The first-order chi connectivity index (χ1) is 10.6. The van der Waals surface area contributed by atoms with Gasteiger partial charge in [-0.1, -0.05) is 6.92 Å². The van der Waals surface area contributed by atoms with Crippen LogP contribution in [-0.2, 0) is 22.6 Å². The van der Waals surface area contributed by atoms with Crippen LogP contribution < -0.4 is 5.32 Å². The van der Waals surface area contributed by atoms with Gasteiger partial charge in [-0.15, -0.1) is 34.2 Å². The normalized spacial score (nSPS) is 21.0. The average Bonchev–Trinajstić information content (AvgIpc) is 3.13. The lowest BCUT2D eigenvalue weighted by molar-refractivity contribution is -0.145. The number of ether oxygens (including phenoxy) is 1. The van der Waals surface area contributed by atoms with Gasteiger partial charge in [-0.3, -0.25) is 9.79 Å². The van der Waals surface area contributed by atoms with Crippen LogP contribution in [0.3, 0.4) is 0 Å². The van der Waals surface area contributed by atoms with Crippen LogP contribution in [0.4, 0.5) is 0 Å². The van der Waals surface area contributed by atoms with Crippen LogP contribution in [0.1, 0.15) is 19.7 Å². The van der Waals surface area contributed by atoms with Gasteiger partial charge in [0.15, 0.2) is 11.8 Å². The number of aromatic nitrogens is 3. The molecule has 130 valence electrons. The Kier molecular flexibility index (Phi) is 7.73. The van der Waals surface area contributed by atoms with Gasteiger partial charge in [0.25, 0.3) is 0 Å². The van der Waals surface area contributed by atoms with Crippen LogP contribution in [0, 0.1) is 11.8 Å². The summed E-state index contributed by atoms with van der Waals surface area (Å²) in [5.41, 5.74) is 0. The first kappa shape index (κ1) is 19.7. The minimum Gasteiger partial charge on any atom is -0.469 e. The van der Waals surface area contributed by atoms with E-state index in [4.69, 9.17) is 4.74 Å². The molecule has 1 aromatic heterocycles. The molecule has 1 aromatic rings. The fourth-order valence-electron chi connectivity index (χ4n) is 2.77. The van der Waals surface area contributed by atoms with Gasteiger partial charge in [-0.05, 0) is 12.8 Å². The molecule has 2 atom stereocenters. The second-order valence-electron chi connectivity index (χ2n) is 5.45. The lowest BCUT2D eigenvalue weighted by Gasteiger charge is -2.21. The largest absolute Gasteiger partial charge is 0.469 e. The minimum absolute atomic E-state index is 0. The Labute approximate surface area is 153 Å². The summed E-state index contributed by atoms with van der Waals surface area (Å²) in [6.07, 6.45) is 1.71. The fraction of sp³-hybridized carbons (Fsp3) is 0.714. The van der Waals surface area contributed by atoms with E-state index in [1.54, 1.807) is 13.4 Å². The molecule has 2 heterocycles. The maximum Gasteiger partial charge on any atom is 0.310 e. The zero-order chi connectivity index (χ0) is 16.1. The number of aliphatic imine (C=N–C) groups is 1. The molecule has 1 aliphatic rings. The summed E-state index contributed by atoms with van der Waals surface area (Å²) < 4.78 is 6.84. The van der Waals surface area contributed by atoms with Crippen molar-refractivity contribution in [3.63, 3.8) is 0 Å². The molecular formula is C14H25IN6O2. The number of guanidine groups is 1. The molecule has 0 aliphatic carbocycles. The Balaban J connectivity index is 0.00000264. The molecule has 1 saturated heterocycles. The van der Waals surface area contributed by atoms with E-state index < -0.39 is 0 Å². The zero-order valence-corrected chi connectivity index (χ0v) is 16.4. The van der Waals surface area contributed by atoms with Crippen LogP contribution in [0.25, 0.3) is 0 Å². The number of aryl methyl sites for hydroxylation is 1. The van der Waals surface area contributed by atoms with E-state index in [9.17, 15) is 4.79 Å². The summed E-state index contributed by atoms with van der Waals surface area (Å²) in [5, 5.41) is 11.3. The molecule has 1 aliphatic heterocycles. The molecule has 0 bridgehead atoms. The van der Waals surface area contributed by atoms with Gasteiger partial charge in [0.2, 0.25) is 0 Å². The van der Waals surface area contributed by atoms with E-state index in [0.29, 0.717) is 13.1 Å². The first-order valence-corrected chi connectivity index (χ1v) is 7.50. The lowest BCUT2D eigenvalue weighted by atomic mass is 9.99. The number of methoxy groups -OCH3 is 1. The molecule has 9 heteroatoms.